The number of para-hydroxylation sites is 1. The first-order chi connectivity index (χ1) is 15.2. The van der Waals surface area contributed by atoms with Gasteiger partial charge in [-0.3, -0.25) is 14.7 Å². The summed E-state index contributed by atoms with van der Waals surface area (Å²) in [5, 5.41) is 3.74. The van der Waals surface area contributed by atoms with Crippen LogP contribution in [0.2, 0.25) is 0 Å². The van der Waals surface area contributed by atoms with E-state index in [1.807, 2.05) is 59.7 Å². The standard InChI is InChI=1S/C24H27N3O2S2/c1-3-17-16-31-24(25-12-8-13-29-4-2)27(17)23(28)19-15-21(22-11-7-14-30-22)26-20-10-6-5-9-18(19)20/h5-7,9-11,14-15,17H,3-4,8,12-13,16H2,1-2H3/t17-/m0/s1. The van der Waals surface area contributed by atoms with Crippen LogP contribution in [-0.2, 0) is 4.74 Å². The van der Waals surface area contributed by atoms with Crippen molar-refractivity contribution in [2.24, 2.45) is 4.99 Å². The predicted octanol–water partition coefficient (Wildman–Crippen LogP) is 5.71. The number of hydrogen-bond donors (Lipinski definition) is 0. The number of aromatic nitrogens is 1. The Bertz CT molecular complexity index is 1070. The molecule has 1 amide bonds. The number of hydrogen-bond acceptors (Lipinski definition) is 6. The quantitative estimate of drug-likeness (QED) is 0.410. The molecule has 31 heavy (non-hydrogen) atoms. The Balaban J connectivity index is 1.70. The summed E-state index contributed by atoms with van der Waals surface area (Å²) in [4.78, 5) is 26.4. The van der Waals surface area contributed by atoms with Gasteiger partial charge in [0.2, 0.25) is 0 Å². The summed E-state index contributed by atoms with van der Waals surface area (Å²) in [6.07, 6.45) is 1.76. The average Bonchev–Trinajstić information content (AvgIpc) is 3.48. The highest BCUT2D eigenvalue weighted by Gasteiger charge is 2.35. The van der Waals surface area contributed by atoms with E-state index in [0.29, 0.717) is 18.7 Å². The molecule has 162 valence electrons. The van der Waals surface area contributed by atoms with Crippen molar-refractivity contribution < 1.29 is 9.53 Å². The first kappa shape index (κ1) is 22.0. The molecule has 1 aliphatic heterocycles. The minimum Gasteiger partial charge on any atom is -0.382 e. The van der Waals surface area contributed by atoms with Gasteiger partial charge in [-0.25, -0.2) is 4.98 Å². The van der Waals surface area contributed by atoms with Crippen LogP contribution in [-0.4, -0.2) is 52.5 Å². The Morgan fingerprint density at radius 3 is 2.90 bits per heavy atom. The molecule has 5 nitrogen and oxygen atoms in total. The molecule has 3 heterocycles. The summed E-state index contributed by atoms with van der Waals surface area (Å²) in [6.45, 7) is 6.21. The van der Waals surface area contributed by atoms with Gasteiger partial charge in [-0.2, -0.15) is 0 Å². The molecule has 0 radical (unpaired) electrons. The number of thiophene rings is 1. The number of nitrogens with zero attached hydrogens (tertiary/aromatic N) is 3. The number of carbonyl (C=O) groups excluding carboxylic acids is 1. The Morgan fingerprint density at radius 2 is 2.13 bits per heavy atom. The topological polar surface area (TPSA) is 54.8 Å². The van der Waals surface area contributed by atoms with Crippen LogP contribution in [0.3, 0.4) is 0 Å². The summed E-state index contributed by atoms with van der Waals surface area (Å²) in [6, 6.07) is 14.0. The van der Waals surface area contributed by atoms with E-state index in [1.165, 1.54) is 0 Å². The zero-order valence-corrected chi connectivity index (χ0v) is 19.5. The van der Waals surface area contributed by atoms with Gasteiger partial charge in [0, 0.05) is 36.9 Å². The third kappa shape index (κ3) is 4.84. The lowest BCUT2D eigenvalue weighted by atomic mass is 10.0. The van der Waals surface area contributed by atoms with Gasteiger partial charge in [-0.05, 0) is 43.3 Å². The predicted molar refractivity (Wildman–Crippen MR) is 131 cm³/mol. The molecule has 0 bridgehead atoms. The Morgan fingerprint density at radius 1 is 1.26 bits per heavy atom. The van der Waals surface area contributed by atoms with Gasteiger partial charge in [0.05, 0.1) is 21.7 Å². The molecule has 0 aliphatic carbocycles. The van der Waals surface area contributed by atoms with Gasteiger partial charge in [-0.15, -0.1) is 11.3 Å². The minimum absolute atomic E-state index is 0.0109. The summed E-state index contributed by atoms with van der Waals surface area (Å²) < 4.78 is 5.42. The van der Waals surface area contributed by atoms with Gasteiger partial charge in [0.1, 0.15) is 0 Å². The molecule has 0 unspecified atom stereocenters. The van der Waals surface area contributed by atoms with Crippen molar-refractivity contribution in [1.82, 2.24) is 9.88 Å². The van der Waals surface area contributed by atoms with E-state index in [0.717, 1.165) is 51.8 Å². The maximum absolute atomic E-state index is 13.9. The van der Waals surface area contributed by atoms with E-state index in [4.69, 9.17) is 14.7 Å². The van der Waals surface area contributed by atoms with Crippen molar-refractivity contribution >= 4 is 45.1 Å². The van der Waals surface area contributed by atoms with Crippen molar-refractivity contribution in [3.05, 3.63) is 53.4 Å². The fourth-order valence-electron chi connectivity index (χ4n) is 3.66. The molecule has 1 saturated heterocycles. The van der Waals surface area contributed by atoms with Gasteiger partial charge >= 0.3 is 0 Å². The molecule has 1 aliphatic rings. The molecular formula is C24H27N3O2S2. The summed E-state index contributed by atoms with van der Waals surface area (Å²) in [7, 11) is 0. The van der Waals surface area contributed by atoms with E-state index in [2.05, 4.69) is 6.92 Å². The second kappa shape index (κ2) is 10.4. The molecule has 2 aromatic heterocycles. The molecular weight excluding hydrogens is 426 g/mol. The Labute approximate surface area is 191 Å². The highest BCUT2D eigenvalue weighted by Crippen LogP contribution is 2.32. The lowest BCUT2D eigenvalue weighted by Crippen LogP contribution is -2.39. The van der Waals surface area contributed by atoms with Crippen LogP contribution in [0.4, 0.5) is 0 Å². The third-order valence-corrected chi connectivity index (χ3v) is 7.31. The molecule has 4 rings (SSSR count). The maximum Gasteiger partial charge on any atom is 0.260 e. The summed E-state index contributed by atoms with van der Waals surface area (Å²) >= 11 is 3.31. The molecule has 3 aromatic rings. The van der Waals surface area contributed by atoms with Gasteiger partial charge < -0.3 is 4.74 Å². The Hall–Kier alpha value is -2.22. The van der Waals surface area contributed by atoms with Crippen LogP contribution >= 0.6 is 23.1 Å². The van der Waals surface area contributed by atoms with Crippen LogP contribution < -0.4 is 0 Å². The molecule has 1 fully saturated rings. The molecule has 1 atom stereocenters. The average molecular weight is 454 g/mol. The molecule has 1 aromatic carbocycles. The van der Waals surface area contributed by atoms with E-state index in [9.17, 15) is 4.79 Å². The number of benzene rings is 1. The van der Waals surface area contributed by atoms with Crippen LogP contribution in [0.5, 0.6) is 0 Å². The Kier molecular flexibility index (Phi) is 7.37. The number of amidine groups is 1. The molecule has 0 saturated carbocycles. The zero-order valence-electron chi connectivity index (χ0n) is 17.9. The first-order valence-corrected chi connectivity index (χ1v) is 12.6. The fraction of sp³-hybridized carbons (Fsp3) is 0.375. The highest BCUT2D eigenvalue weighted by molar-refractivity contribution is 8.14. The van der Waals surface area contributed by atoms with Gasteiger partial charge in [0.15, 0.2) is 5.17 Å². The number of fused-ring (bicyclic) bond motifs is 1. The monoisotopic (exact) mass is 453 g/mol. The van der Waals surface area contributed by atoms with E-state index in [-0.39, 0.29) is 11.9 Å². The van der Waals surface area contributed by atoms with E-state index >= 15 is 0 Å². The van der Waals surface area contributed by atoms with Crippen LogP contribution in [0.25, 0.3) is 21.5 Å². The van der Waals surface area contributed by atoms with Crippen molar-refractivity contribution in [1.29, 1.82) is 0 Å². The van der Waals surface area contributed by atoms with Crippen molar-refractivity contribution in [3.8, 4) is 10.6 Å². The number of thioether (sulfide) groups is 1. The van der Waals surface area contributed by atoms with Crippen LogP contribution in [0.1, 0.15) is 37.0 Å². The van der Waals surface area contributed by atoms with Gasteiger partial charge in [0.25, 0.3) is 5.91 Å². The smallest absolute Gasteiger partial charge is 0.260 e. The van der Waals surface area contributed by atoms with Crippen molar-refractivity contribution in [2.45, 2.75) is 32.7 Å². The normalized spacial score (nSPS) is 17.7. The number of carbonyl (C=O) groups is 1. The maximum atomic E-state index is 13.9. The third-order valence-electron chi connectivity index (χ3n) is 5.28. The summed E-state index contributed by atoms with van der Waals surface area (Å²) in [5.74, 6) is 0.893. The molecule has 0 spiro atoms. The van der Waals surface area contributed by atoms with E-state index < -0.39 is 0 Å². The lowest BCUT2D eigenvalue weighted by Gasteiger charge is -2.24. The van der Waals surface area contributed by atoms with E-state index in [1.54, 1.807) is 23.1 Å². The summed E-state index contributed by atoms with van der Waals surface area (Å²) in [5.41, 5.74) is 2.37. The fourth-order valence-corrected chi connectivity index (χ4v) is 5.63. The lowest BCUT2D eigenvalue weighted by molar-refractivity contribution is 0.0820. The number of pyridine rings is 1. The molecule has 0 N–H and O–H groups in total. The second-order valence-corrected chi connectivity index (χ2v) is 9.25. The van der Waals surface area contributed by atoms with Crippen LogP contribution in [0, 0.1) is 0 Å². The number of rotatable bonds is 8. The highest BCUT2D eigenvalue weighted by atomic mass is 32.2. The molecule has 7 heteroatoms. The number of amides is 1. The zero-order chi connectivity index (χ0) is 21.6. The SMILES string of the molecule is CCOCCCN=C1SC[C@H](CC)N1C(=O)c1cc(-c2cccs2)nc2ccccc12. The van der Waals surface area contributed by atoms with Crippen molar-refractivity contribution in [2.75, 3.05) is 25.5 Å². The largest absolute Gasteiger partial charge is 0.382 e. The number of ether oxygens (including phenoxy) is 1. The number of aliphatic imine (C=N–C) groups is 1. The van der Waals surface area contributed by atoms with Gasteiger partial charge in [-0.1, -0.05) is 43.0 Å². The van der Waals surface area contributed by atoms with Crippen LogP contribution in [0.15, 0.2) is 52.8 Å². The first-order valence-electron chi connectivity index (χ1n) is 10.7. The second-order valence-electron chi connectivity index (χ2n) is 7.31. The van der Waals surface area contributed by atoms with Crippen molar-refractivity contribution in [3.63, 3.8) is 0 Å². The minimum atomic E-state index is 0.0109.